The molecule has 76 valence electrons. The highest BCUT2D eigenvalue weighted by atomic mass is 16.5. The Labute approximate surface area is 87.1 Å². The van der Waals surface area contributed by atoms with Crippen molar-refractivity contribution in [1.82, 2.24) is 9.78 Å². The van der Waals surface area contributed by atoms with Gasteiger partial charge in [-0.3, -0.25) is 4.79 Å². The van der Waals surface area contributed by atoms with Gasteiger partial charge in [-0.05, 0) is 12.1 Å². The fourth-order valence-corrected chi connectivity index (χ4v) is 1.39. The van der Waals surface area contributed by atoms with Crippen LogP contribution in [0.4, 0.5) is 0 Å². The molecule has 1 aromatic heterocycles. The molecular weight excluding hydrogens is 192 g/mol. The maximum Gasteiger partial charge on any atom is 0.227 e. The molecule has 0 radical (unpaired) electrons. The molecule has 0 bridgehead atoms. The fraction of sp³-hybridized carbons (Fsp3) is 0.0909. The van der Waals surface area contributed by atoms with Crippen LogP contribution in [-0.2, 0) is 0 Å². The first-order valence-corrected chi connectivity index (χ1v) is 4.49. The quantitative estimate of drug-likeness (QED) is 0.711. The smallest absolute Gasteiger partial charge is 0.227 e. The van der Waals surface area contributed by atoms with E-state index in [4.69, 9.17) is 4.74 Å². The molecule has 0 atom stereocenters. The van der Waals surface area contributed by atoms with E-state index in [9.17, 15) is 4.79 Å². The summed E-state index contributed by atoms with van der Waals surface area (Å²) in [4.78, 5) is 10.7. The molecule has 0 fully saturated rings. The highest BCUT2D eigenvalue weighted by Crippen LogP contribution is 2.20. The van der Waals surface area contributed by atoms with Crippen LogP contribution in [0.15, 0.2) is 36.5 Å². The number of aromatic nitrogens is 2. The molecule has 0 aliphatic heterocycles. The third-order valence-corrected chi connectivity index (χ3v) is 2.07. The fourth-order valence-electron chi connectivity index (χ4n) is 1.39. The average molecular weight is 202 g/mol. The van der Waals surface area contributed by atoms with E-state index in [0.717, 1.165) is 12.0 Å². The lowest BCUT2D eigenvalue weighted by Crippen LogP contribution is -2.00. The molecule has 15 heavy (non-hydrogen) atoms. The third-order valence-electron chi connectivity index (χ3n) is 2.07. The summed E-state index contributed by atoms with van der Waals surface area (Å²) in [5.41, 5.74) is 1.31. The van der Waals surface area contributed by atoms with E-state index in [1.54, 1.807) is 4.68 Å². The van der Waals surface area contributed by atoms with E-state index < -0.39 is 0 Å². The molecule has 0 aliphatic carbocycles. The largest absolute Gasteiger partial charge is 0.480 e. The zero-order valence-corrected chi connectivity index (χ0v) is 8.25. The molecule has 0 saturated heterocycles. The molecule has 0 amide bonds. The Morgan fingerprint density at radius 3 is 2.67 bits per heavy atom. The van der Waals surface area contributed by atoms with Gasteiger partial charge >= 0.3 is 0 Å². The molecule has 4 heteroatoms. The normalized spacial score (nSPS) is 9.93. The molecule has 1 aromatic carbocycles. The Balaban J connectivity index is 2.54. The minimum atomic E-state index is 0.446. The SMILES string of the molecule is COc1c(C=O)cnn1-c1ccccc1. The number of aldehydes is 1. The standard InChI is InChI=1S/C11H10N2O2/c1-15-11-9(8-14)7-12-13(11)10-5-3-2-4-6-10/h2-8H,1H3. The number of rotatable bonds is 3. The summed E-state index contributed by atoms with van der Waals surface area (Å²) in [5, 5.41) is 4.09. The number of para-hydroxylation sites is 1. The van der Waals surface area contributed by atoms with Gasteiger partial charge in [0, 0.05) is 0 Å². The van der Waals surface area contributed by atoms with E-state index >= 15 is 0 Å². The summed E-state index contributed by atoms with van der Waals surface area (Å²) in [6, 6.07) is 9.50. The summed E-state index contributed by atoms with van der Waals surface area (Å²) in [6.07, 6.45) is 2.21. The first-order chi connectivity index (χ1) is 7.36. The molecule has 2 rings (SSSR count). The van der Waals surface area contributed by atoms with Gasteiger partial charge in [0.25, 0.3) is 0 Å². The number of carbonyl (C=O) groups excluding carboxylic acids is 1. The molecule has 1 heterocycles. The van der Waals surface area contributed by atoms with Crippen molar-refractivity contribution >= 4 is 6.29 Å². The van der Waals surface area contributed by atoms with Crippen LogP contribution < -0.4 is 4.74 Å². The molecule has 0 N–H and O–H groups in total. The zero-order chi connectivity index (χ0) is 10.7. The van der Waals surface area contributed by atoms with Gasteiger partial charge in [-0.2, -0.15) is 5.10 Å². The van der Waals surface area contributed by atoms with Gasteiger partial charge in [0.15, 0.2) is 6.29 Å². The van der Waals surface area contributed by atoms with Crippen LogP contribution in [0.25, 0.3) is 5.69 Å². The number of hydrogen-bond donors (Lipinski definition) is 0. The monoisotopic (exact) mass is 202 g/mol. The van der Waals surface area contributed by atoms with Crippen LogP contribution in [0.5, 0.6) is 5.88 Å². The Morgan fingerprint density at radius 2 is 2.07 bits per heavy atom. The summed E-state index contributed by atoms with van der Waals surface area (Å²) in [6.45, 7) is 0. The van der Waals surface area contributed by atoms with Crippen molar-refractivity contribution in [1.29, 1.82) is 0 Å². The van der Waals surface area contributed by atoms with Crippen LogP contribution in [-0.4, -0.2) is 23.2 Å². The summed E-state index contributed by atoms with van der Waals surface area (Å²) in [5.74, 6) is 0.455. The minimum Gasteiger partial charge on any atom is -0.480 e. The Kier molecular flexibility index (Phi) is 2.49. The van der Waals surface area contributed by atoms with Gasteiger partial charge in [0.2, 0.25) is 5.88 Å². The van der Waals surface area contributed by atoms with Gasteiger partial charge in [0.05, 0.1) is 24.6 Å². The number of benzene rings is 1. The van der Waals surface area contributed by atoms with Gasteiger partial charge < -0.3 is 4.74 Å². The Hall–Kier alpha value is -2.10. The number of methoxy groups -OCH3 is 1. The maximum absolute atomic E-state index is 10.7. The van der Waals surface area contributed by atoms with Crippen LogP contribution in [0, 0.1) is 0 Å². The van der Waals surface area contributed by atoms with Gasteiger partial charge in [-0.15, -0.1) is 0 Å². The van der Waals surface area contributed by atoms with E-state index in [1.807, 2.05) is 30.3 Å². The first-order valence-electron chi connectivity index (χ1n) is 4.49. The first kappa shape index (κ1) is 9.45. The van der Waals surface area contributed by atoms with Crippen molar-refractivity contribution in [3.05, 3.63) is 42.1 Å². The second kappa shape index (κ2) is 3.96. The Morgan fingerprint density at radius 1 is 1.33 bits per heavy atom. The highest BCUT2D eigenvalue weighted by molar-refractivity contribution is 5.78. The summed E-state index contributed by atoms with van der Waals surface area (Å²) >= 11 is 0. The topological polar surface area (TPSA) is 44.1 Å². The lowest BCUT2D eigenvalue weighted by molar-refractivity contribution is 0.112. The van der Waals surface area contributed by atoms with Crippen LogP contribution >= 0.6 is 0 Å². The van der Waals surface area contributed by atoms with Gasteiger partial charge in [-0.1, -0.05) is 18.2 Å². The van der Waals surface area contributed by atoms with Gasteiger partial charge in [0.1, 0.15) is 0 Å². The molecule has 0 unspecified atom stereocenters. The zero-order valence-electron chi connectivity index (χ0n) is 8.25. The predicted molar refractivity (Wildman–Crippen MR) is 55.5 cm³/mol. The number of carbonyl (C=O) groups is 1. The van der Waals surface area contributed by atoms with Crippen molar-refractivity contribution in [3.63, 3.8) is 0 Å². The van der Waals surface area contributed by atoms with E-state index in [0.29, 0.717) is 11.4 Å². The van der Waals surface area contributed by atoms with E-state index in [-0.39, 0.29) is 0 Å². The molecular formula is C11H10N2O2. The minimum absolute atomic E-state index is 0.446. The third kappa shape index (κ3) is 1.61. The molecule has 4 nitrogen and oxygen atoms in total. The van der Waals surface area contributed by atoms with Crippen molar-refractivity contribution in [2.24, 2.45) is 0 Å². The number of hydrogen-bond acceptors (Lipinski definition) is 3. The van der Waals surface area contributed by atoms with Crippen molar-refractivity contribution in [3.8, 4) is 11.6 Å². The predicted octanol–water partition coefficient (Wildman–Crippen LogP) is 1.69. The molecule has 2 aromatic rings. The van der Waals surface area contributed by atoms with Crippen molar-refractivity contribution < 1.29 is 9.53 Å². The lowest BCUT2D eigenvalue weighted by atomic mass is 10.3. The average Bonchev–Trinajstić information content (AvgIpc) is 2.72. The maximum atomic E-state index is 10.7. The highest BCUT2D eigenvalue weighted by Gasteiger charge is 2.11. The van der Waals surface area contributed by atoms with Gasteiger partial charge in [-0.25, -0.2) is 4.68 Å². The molecule has 0 spiro atoms. The van der Waals surface area contributed by atoms with Crippen LogP contribution in [0.2, 0.25) is 0 Å². The van der Waals surface area contributed by atoms with Crippen LogP contribution in [0.3, 0.4) is 0 Å². The van der Waals surface area contributed by atoms with Crippen LogP contribution in [0.1, 0.15) is 10.4 Å². The second-order valence-corrected chi connectivity index (χ2v) is 2.97. The summed E-state index contributed by atoms with van der Waals surface area (Å²) < 4.78 is 6.72. The van der Waals surface area contributed by atoms with E-state index in [1.165, 1.54) is 13.3 Å². The number of ether oxygens (including phenoxy) is 1. The summed E-state index contributed by atoms with van der Waals surface area (Å²) in [7, 11) is 1.52. The lowest BCUT2D eigenvalue weighted by Gasteiger charge is -2.05. The van der Waals surface area contributed by atoms with E-state index in [2.05, 4.69) is 5.10 Å². The Bertz CT molecular complexity index is 463. The van der Waals surface area contributed by atoms with Crippen molar-refractivity contribution in [2.75, 3.05) is 7.11 Å². The molecule has 0 aliphatic rings. The second-order valence-electron chi connectivity index (χ2n) is 2.97. The van der Waals surface area contributed by atoms with Crippen molar-refractivity contribution in [2.45, 2.75) is 0 Å². The molecule has 0 saturated carbocycles. The number of nitrogens with zero attached hydrogens (tertiary/aromatic N) is 2.